The molecule has 1 aliphatic rings. The molecule has 1 aromatic carbocycles. The van der Waals surface area contributed by atoms with Crippen LogP contribution in [0.25, 0.3) is 0 Å². The summed E-state index contributed by atoms with van der Waals surface area (Å²) in [7, 11) is 0. The summed E-state index contributed by atoms with van der Waals surface area (Å²) in [6, 6.07) is 4.03. The molecule has 0 radical (unpaired) electrons. The predicted octanol–water partition coefficient (Wildman–Crippen LogP) is 6.24. The van der Waals surface area contributed by atoms with Crippen molar-refractivity contribution in [1.29, 1.82) is 0 Å². The number of hydrogen-bond acceptors (Lipinski definition) is 0. The minimum atomic E-state index is -0.805. The molecule has 2 rings (SSSR count). The van der Waals surface area contributed by atoms with Crippen molar-refractivity contribution in [2.75, 3.05) is 0 Å². The lowest BCUT2D eigenvalue weighted by Crippen LogP contribution is -2.18. The molecule has 1 aliphatic carbocycles. The van der Waals surface area contributed by atoms with Gasteiger partial charge in [0.15, 0.2) is 11.6 Å². The van der Waals surface area contributed by atoms with Crippen LogP contribution in [0.3, 0.4) is 0 Å². The summed E-state index contributed by atoms with van der Waals surface area (Å²) in [6.45, 7) is 2.23. The van der Waals surface area contributed by atoms with Crippen molar-refractivity contribution in [1.82, 2.24) is 0 Å². The van der Waals surface area contributed by atoms with Gasteiger partial charge in [0.25, 0.3) is 0 Å². The molecule has 1 fully saturated rings. The quantitative estimate of drug-likeness (QED) is 0.564. The molecule has 112 valence electrons. The second kappa shape index (κ2) is 7.40. The maximum absolute atomic E-state index is 13.3. The monoisotopic (exact) mass is 300 g/mol. The molecule has 0 aliphatic heterocycles. The van der Waals surface area contributed by atoms with Crippen molar-refractivity contribution >= 4 is 11.6 Å². The molecule has 0 aromatic heterocycles. The number of unbranched alkanes of at least 4 members (excludes halogenated alkanes) is 1. The Bertz CT molecular complexity index is 425. The smallest absolute Gasteiger partial charge is 0.159 e. The maximum atomic E-state index is 13.3. The summed E-state index contributed by atoms with van der Waals surface area (Å²) in [6.07, 6.45) is 8.52. The first kappa shape index (κ1) is 15.8. The third-order valence-electron chi connectivity index (χ3n) is 4.53. The molecule has 0 bridgehead atoms. The van der Waals surface area contributed by atoms with Gasteiger partial charge in [0.05, 0.1) is 5.38 Å². The summed E-state index contributed by atoms with van der Waals surface area (Å²) in [5.74, 6) is -0.384. The Balaban J connectivity index is 1.91. The van der Waals surface area contributed by atoms with Gasteiger partial charge in [0.1, 0.15) is 0 Å². The van der Waals surface area contributed by atoms with Crippen molar-refractivity contribution in [2.45, 2.75) is 57.2 Å². The summed E-state index contributed by atoms with van der Waals surface area (Å²) in [5.41, 5.74) is 0.711. The Morgan fingerprint density at radius 2 is 1.85 bits per heavy atom. The molecule has 0 amide bonds. The lowest BCUT2D eigenvalue weighted by Gasteiger charge is -2.31. The van der Waals surface area contributed by atoms with Crippen LogP contribution in [0.15, 0.2) is 18.2 Å². The molecule has 1 aromatic rings. The Morgan fingerprint density at radius 1 is 1.15 bits per heavy atom. The minimum absolute atomic E-state index is 0.197. The van der Waals surface area contributed by atoms with E-state index in [0.29, 0.717) is 11.5 Å². The maximum Gasteiger partial charge on any atom is 0.159 e. The summed E-state index contributed by atoms with van der Waals surface area (Å²) >= 11 is 6.47. The van der Waals surface area contributed by atoms with E-state index in [1.165, 1.54) is 44.2 Å². The zero-order valence-electron chi connectivity index (χ0n) is 12.0. The molecule has 0 nitrogen and oxygen atoms in total. The van der Waals surface area contributed by atoms with Gasteiger partial charge in [-0.05, 0) is 42.4 Å². The number of rotatable bonds is 5. The third kappa shape index (κ3) is 3.94. The molecular formula is C17H23ClF2. The van der Waals surface area contributed by atoms with Gasteiger partial charge in [-0.1, -0.05) is 45.1 Å². The van der Waals surface area contributed by atoms with Gasteiger partial charge >= 0.3 is 0 Å². The summed E-state index contributed by atoms with van der Waals surface area (Å²) in [4.78, 5) is 0. The number of hydrogen-bond donors (Lipinski definition) is 0. The van der Waals surface area contributed by atoms with Gasteiger partial charge in [-0.25, -0.2) is 8.78 Å². The predicted molar refractivity (Wildman–Crippen MR) is 79.9 cm³/mol. The van der Waals surface area contributed by atoms with Crippen LogP contribution >= 0.6 is 11.6 Å². The first-order chi connectivity index (χ1) is 9.61. The van der Waals surface area contributed by atoms with E-state index in [0.717, 1.165) is 18.8 Å². The molecule has 0 spiro atoms. The second-order valence-corrected chi connectivity index (χ2v) is 6.47. The molecule has 0 N–H and O–H groups in total. The highest BCUT2D eigenvalue weighted by Crippen LogP contribution is 2.41. The van der Waals surface area contributed by atoms with Gasteiger partial charge < -0.3 is 0 Å². The average molecular weight is 301 g/mol. The topological polar surface area (TPSA) is 0 Å². The molecular weight excluding hydrogens is 278 g/mol. The van der Waals surface area contributed by atoms with Gasteiger partial charge in [-0.3, -0.25) is 0 Å². The fourth-order valence-corrected chi connectivity index (χ4v) is 3.61. The van der Waals surface area contributed by atoms with Crippen LogP contribution < -0.4 is 0 Å². The van der Waals surface area contributed by atoms with E-state index >= 15 is 0 Å². The van der Waals surface area contributed by atoms with Crippen molar-refractivity contribution in [3.8, 4) is 0 Å². The van der Waals surface area contributed by atoms with Crippen molar-refractivity contribution in [3.05, 3.63) is 35.4 Å². The van der Waals surface area contributed by atoms with E-state index in [4.69, 9.17) is 11.6 Å². The molecule has 20 heavy (non-hydrogen) atoms. The largest absolute Gasteiger partial charge is 0.204 e. The van der Waals surface area contributed by atoms with E-state index in [1.807, 2.05) is 0 Å². The van der Waals surface area contributed by atoms with E-state index in [9.17, 15) is 8.78 Å². The number of alkyl halides is 1. The van der Waals surface area contributed by atoms with Gasteiger partial charge in [-0.15, -0.1) is 11.6 Å². The first-order valence-corrected chi connectivity index (χ1v) is 8.14. The fourth-order valence-electron chi connectivity index (χ4n) is 3.22. The van der Waals surface area contributed by atoms with Gasteiger partial charge in [-0.2, -0.15) is 0 Å². The summed E-state index contributed by atoms with van der Waals surface area (Å²) < 4.78 is 26.2. The molecule has 0 heterocycles. The van der Waals surface area contributed by atoms with E-state index in [1.54, 1.807) is 6.07 Å². The SMILES string of the molecule is CCCCC1CCC(C(Cl)c2ccc(F)c(F)c2)CC1. The lowest BCUT2D eigenvalue weighted by atomic mass is 9.77. The fraction of sp³-hybridized carbons (Fsp3) is 0.647. The van der Waals surface area contributed by atoms with Crippen LogP contribution in [0.2, 0.25) is 0 Å². The van der Waals surface area contributed by atoms with Crippen molar-refractivity contribution in [2.24, 2.45) is 11.8 Å². The minimum Gasteiger partial charge on any atom is -0.204 e. The van der Waals surface area contributed by atoms with Gasteiger partial charge in [0, 0.05) is 0 Å². The van der Waals surface area contributed by atoms with Crippen molar-refractivity contribution < 1.29 is 8.78 Å². The van der Waals surface area contributed by atoms with E-state index in [-0.39, 0.29) is 5.38 Å². The Morgan fingerprint density at radius 3 is 2.45 bits per heavy atom. The van der Waals surface area contributed by atoms with Crippen LogP contribution in [0, 0.1) is 23.5 Å². The van der Waals surface area contributed by atoms with Crippen LogP contribution in [0.5, 0.6) is 0 Å². The number of halogens is 3. The van der Waals surface area contributed by atoms with E-state index < -0.39 is 11.6 Å². The number of benzene rings is 1. The molecule has 1 saturated carbocycles. The van der Waals surface area contributed by atoms with Crippen LogP contribution in [-0.4, -0.2) is 0 Å². The van der Waals surface area contributed by atoms with Crippen molar-refractivity contribution in [3.63, 3.8) is 0 Å². The highest BCUT2D eigenvalue weighted by molar-refractivity contribution is 6.21. The Kier molecular flexibility index (Phi) is 5.83. The normalized spacial score (nSPS) is 24.6. The molecule has 1 atom stereocenters. The zero-order valence-corrected chi connectivity index (χ0v) is 12.8. The Labute approximate surface area is 125 Å². The molecule has 0 saturated heterocycles. The second-order valence-electron chi connectivity index (χ2n) is 6.00. The van der Waals surface area contributed by atoms with E-state index in [2.05, 4.69) is 6.92 Å². The van der Waals surface area contributed by atoms with Gasteiger partial charge in [0.2, 0.25) is 0 Å². The average Bonchev–Trinajstić information content (AvgIpc) is 2.48. The van der Waals surface area contributed by atoms with Crippen LogP contribution in [-0.2, 0) is 0 Å². The summed E-state index contributed by atoms with van der Waals surface area (Å²) in [5, 5.41) is -0.197. The zero-order chi connectivity index (χ0) is 14.5. The molecule has 3 heteroatoms. The highest BCUT2D eigenvalue weighted by Gasteiger charge is 2.27. The first-order valence-electron chi connectivity index (χ1n) is 7.70. The van der Waals surface area contributed by atoms with Crippen LogP contribution in [0.1, 0.15) is 62.8 Å². The third-order valence-corrected chi connectivity index (χ3v) is 5.14. The Hall–Kier alpha value is -0.630. The van der Waals surface area contributed by atoms with Crippen LogP contribution in [0.4, 0.5) is 8.78 Å². The molecule has 1 unspecified atom stereocenters. The standard InChI is InChI=1S/C17H23ClF2/c1-2-3-4-12-5-7-13(8-6-12)17(18)14-9-10-15(19)16(20)11-14/h9-13,17H,2-8H2,1H3. The highest BCUT2D eigenvalue weighted by atomic mass is 35.5. The lowest BCUT2D eigenvalue weighted by molar-refractivity contribution is 0.254.